The third-order valence-corrected chi connectivity index (χ3v) is 5.50. The quantitative estimate of drug-likeness (QED) is 0.541. The lowest BCUT2D eigenvalue weighted by molar-refractivity contribution is 0.0998. The topological polar surface area (TPSA) is 68.0 Å². The van der Waals surface area contributed by atoms with Crippen molar-refractivity contribution < 1.29 is 9.21 Å². The smallest absolute Gasteiger partial charge is 0.293 e. The summed E-state index contributed by atoms with van der Waals surface area (Å²) in [4.78, 5) is 17.9. The van der Waals surface area contributed by atoms with Gasteiger partial charge in [-0.05, 0) is 42.5 Å². The molecule has 0 unspecified atom stereocenters. The van der Waals surface area contributed by atoms with Gasteiger partial charge in [-0.3, -0.25) is 10.1 Å². The van der Waals surface area contributed by atoms with Gasteiger partial charge in [-0.25, -0.2) is 0 Å². The van der Waals surface area contributed by atoms with Crippen LogP contribution in [0, 0.1) is 6.92 Å². The summed E-state index contributed by atoms with van der Waals surface area (Å²) in [6, 6.07) is 9.90. The summed E-state index contributed by atoms with van der Waals surface area (Å²) in [5.41, 5.74) is 2.77. The molecule has 4 aromatic rings. The Labute approximate surface area is 152 Å². The predicted octanol–water partition coefficient (Wildman–Crippen LogP) is 5.14. The Balaban J connectivity index is 1.61. The van der Waals surface area contributed by atoms with Crippen molar-refractivity contribution in [3.05, 3.63) is 52.6 Å². The van der Waals surface area contributed by atoms with Crippen LogP contribution in [0.5, 0.6) is 0 Å². The molecule has 0 radical (unpaired) electrons. The molecule has 1 amide bonds. The number of carbonyl (C=O) groups excluding carboxylic acids is 1. The molecule has 126 valence electrons. The van der Waals surface area contributed by atoms with Crippen LogP contribution in [-0.2, 0) is 6.42 Å². The summed E-state index contributed by atoms with van der Waals surface area (Å²) in [6.45, 7) is 4.00. The number of furan rings is 1. The lowest BCUT2D eigenvalue weighted by atomic mass is 10.1. The van der Waals surface area contributed by atoms with Gasteiger partial charge in [0.2, 0.25) is 5.13 Å². The molecule has 3 heterocycles. The van der Waals surface area contributed by atoms with E-state index in [-0.39, 0.29) is 5.91 Å². The average Bonchev–Trinajstić information content (AvgIpc) is 3.35. The molecule has 0 fully saturated rings. The van der Waals surface area contributed by atoms with Crippen LogP contribution in [0.2, 0.25) is 0 Å². The molecule has 7 heteroatoms. The highest BCUT2D eigenvalue weighted by Crippen LogP contribution is 2.28. The zero-order valence-corrected chi connectivity index (χ0v) is 15.3. The van der Waals surface area contributed by atoms with Crippen molar-refractivity contribution >= 4 is 44.9 Å². The minimum absolute atomic E-state index is 0.305. The first-order valence-corrected chi connectivity index (χ1v) is 9.52. The van der Waals surface area contributed by atoms with Crippen molar-refractivity contribution in [3.8, 4) is 10.7 Å². The molecule has 0 aliphatic heterocycles. The number of amides is 1. The number of aryl methyl sites for hydroxylation is 2. The predicted molar refractivity (Wildman–Crippen MR) is 102 cm³/mol. The van der Waals surface area contributed by atoms with E-state index in [2.05, 4.69) is 27.7 Å². The fourth-order valence-corrected chi connectivity index (χ4v) is 3.93. The second-order valence-corrected chi connectivity index (χ2v) is 7.29. The van der Waals surface area contributed by atoms with Gasteiger partial charge in [0.1, 0.15) is 5.58 Å². The van der Waals surface area contributed by atoms with Crippen LogP contribution in [0.25, 0.3) is 21.7 Å². The Bertz CT molecular complexity index is 1050. The highest BCUT2D eigenvalue weighted by molar-refractivity contribution is 7.14. The van der Waals surface area contributed by atoms with Crippen LogP contribution in [0.4, 0.5) is 5.13 Å². The third-order valence-electron chi connectivity index (χ3n) is 4.00. The summed E-state index contributed by atoms with van der Waals surface area (Å²) in [6.07, 6.45) is 0.943. The molecule has 1 N–H and O–H groups in total. The molecule has 0 atom stereocenters. The van der Waals surface area contributed by atoms with Crippen LogP contribution in [0.1, 0.15) is 28.6 Å². The molecule has 0 spiro atoms. The number of hydrogen-bond donors (Lipinski definition) is 1. The van der Waals surface area contributed by atoms with Crippen molar-refractivity contribution in [3.63, 3.8) is 0 Å². The van der Waals surface area contributed by atoms with Gasteiger partial charge in [0.25, 0.3) is 5.91 Å². The second-order valence-electron chi connectivity index (χ2n) is 5.59. The monoisotopic (exact) mass is 369 g/mol. The molecular formula is C18H15N3O2S2. The van der Waals surface area contributed by atoms with E-state index in [1.54, 1.807) is 11.3 Å². The maximum atomic E-state index is 12.6. The number of benzene rings is 1. The largest absolute Gasteiger partial charge is 0.451 e. The zero-order chi connectivity index (χ0) is 17.4. The summed E-state index contributed by atoms with van der Waals surface area (Å²) in [5, 5.41) is 6.19. The molecule has 0 aliphatic carbocycles. The molecule has 0 saturated carbocycles. The van der Waals surface area contributed by atoms with Crippen LogP contribution in [0.15, 0.2) is 40.1 Å². The van der Waals surface area contributed by atoms with Crippen molar-refractivity contribution in [1.82, 2.24) is 9.36 Å². The molecule has 25 heavy (non-hydrogen) atoms. The lowest BCUT2D eigenvalue weighted by Crippen LogP contribution is -2.11. The summed E-state index contributed by atoms with van der Waals surface area (Å²) < 4.78 is 10.0. The van der Waals surface area contributed by atoms with Gasteiger partial charge >= 0.3 is 0 Å². The Morgan fingerprint density at radius 3 is 2.96 bits per heavy atom. The highest BCUT2D eigenvalue weighted by atomic mass is 32.1. The Morgan fingerprint density at radius 2 is 2.20 bits per heavy atom. The molecule has 3 aromatic heterocycles. The van der Waals surface area contributed by atoms with E-state index in [0.29, 0.717) is 16.7 Å². The molecular weight excluding hydrogens is 354 g/mol. The van der Waals surface area contributed by atoms with E-state index in [4.69, 9.17) is 4.42 Å². The summed E-state index contributed by atoms with van der Waals surface area (Å²) >= 11 is 2.73. The maximum absolute atomic E-state index is 12.6. The third kappa shape index (κ3) is 2.96. The number of hydrogen-bond acceptors (Lipinski definition) is 6. The van der Waals surface area contributed by atoms with Gasteiger partial charge in [0.05, 0.1) is 4.88 Å². The normalized spacial score (nSPS) is 11.1. The van der Waals surface area contributed by atoms with Crippen molar-refractivity contribution in [2.24, 2.45) is 0 Å². The second kappa shape index (κ2) is 6.42. The Kier molecular flexibility index (Phi) is 4.10. The minimum atomic E-state index is -0.305. The first kappa shape index (κ1) is 16.0. The molecule has 0 bridgehead atoms. The number of nitrogens with zero attached hydrogens (tertiary/aromatic N) is 2. The van der Waals surface area contributed by atoms with Gasteiger partial charge in [0.15, 0.2) is 11.6 Å². The van der Waals surface area contributed by atoms with Gasteiger partial charge in [-0.2, -0.15) is 9.36 Å². The van der Waals surface area contributed by atoms with Gasteiger partial charge in [0, 0.05) is 22.5 Å². The fourth-order valence-electron chi connectivity index (χ4n) is 2.64. The number of carbonyl (C=O) groups is 1. The number of thiophene rings is 1. The maximum Gasteiger partial charge on any atom is 0.293 e. The fraction of sp³-hybridized carbons (Fsp3) is 0.167. The van der Waals surface area contributed by atoms with Gasteiger partial charge in [-0.15, -0.1) is 11.3 Å². The Hall–Kier alpha value is -2.51. The molecule has 5 nitrogen and oxygen atoms in total. The van der Waals surface area contributed by atoms with E-state index < -0.39 is 0 Å². The van der Waals surface area contributed by atoms with Crippen LogP contribution in [0.3, 0.4) is 0 Å². The van der Waals surface area contributed by atoms with E-state index in [1.165, 1.54) is 5.56 Å². The minimum Gasteiger partial charge on any atom is -0.451 e. The molecule has 4 rings (SSSR count). The molecule has 0 saturated heterocycles. The average molecular weight is 369 g/mol. The number of fused-ring (bicyclic) bond motifs is 1. The highest BCUT2D eigenvalue weighted by Gasteiger charge is 2.19. The van der Waals surface area contributed by atoms with Crippen molar-refractivity contribution in [2.75, 3.05) is 5.32 Å². The number of anilines is 1. The molecule has 1 aromatic carbocycles. The van der Waals surface area contributed by atoms with Gasteiger partial charge < -0.3 is 4.42 Å². The Morgan fingerprint density at radius 1 is 1.32 bits per heavy atom. The SMILES string of the molecule is CCc1ccc2oc(C(=O)Nc3nc(-c4cccs4)ns3)c(C)c2c1. The standard InChI is InChI=1S/C18H15N3O2S2/c1-3-11-6-7-13-12(9-11)10(2)15(23-13)17(22)20-18-19-16(21-25-18)14-5-4-8-24-14/h4-9H,3H2,1-2H3,(H,19,20,21,22). The summed E-state index contributed by atoms with van der Waals surface area (Å²) in [7, 11) is 0. The number of rotatable bonds is 4. The first-order chi connectivity index (χ1) is 12.2. The van der Waals surface area contributed by atoms with Crippen LogP contribution < -0.4 is 5.32 Å². The van der Waals surface area contributed by atoms with E-state index >= 15 is 0 Å². The number of nitrogens with one attached hydrogen (secondary N) is 1. The zero-order valence-electron chi connectivity index (χ0n) is 13.7. The van der Waals surface area contributed by atoms with Crippen molar-refractivity contribution in [2.45, 2.75) is 20.3 Å². The van der Waals surface area contributed by atoms with E-state index in [9.17, 15) is 4.79 Å². The first-order valence-electron chi connectivity index (χ1n) is 7.86. The van der Waals surface area contributed by atoms with Crippen LogP contribution >= 0.6 is 22.9 Å². The van der Waals surface area contributed by atoms with Crippen LogP contribution in [-0.4, -0.2) is 15.3 Å². The van der Waals surface area contributed by atoms with E-state index in [1.807, 2.05) is 36.6 Å². The lowest BCUT2D eigenvalue weighted by Gasteiger charge is -1.98. The summed E-state index contributed by atoms with van der Waals surface area (Å²) in [5.74, 6) is 0.640. The van der Waals surface area contributed by atoms with Gasteiger partial charge in [-0.1, -0.05) is 19.1 Å². The number of aromatic nitrogens is 2. The molecule has 0 aliphatic rings. The van der Waals surface area contributed by atoms with Crippen molar-refractivity contribution in [1.29, 1.82) is 0 Å². The van der Waals surface area contributed by atoms with E-state index in [0.717, 1.165) is 39.4 Å².